The molecule has 0 aromatic heterocycles. The van der Waals surface area contributed by atoms with Crippen molar-refractivity contribution in [1.29, 1.82) is 0 Å². The van der Waals surface area contributed by atoms with E-state index in [2.05, 4.69) is 0 Å². The van der Waals surface area contributed by atoms with E-state index in [1.165, 1.54) is 0 Å². The molecule has 28 valence electrons. The topological polar surface area (TPSA) is 34.1 Å². The van der Waals surface area contributed by atoms with Crippen LogP contribution in [0.1, 0.15) is 0 Å². The van der Waals surface area contributed by atoms with Crippen LogP contribution in [0.3, 0.4) is 0 Å². The minimum atomic E-state index is 0. The summed E-state index contributed by atoms with van der Waals surface area (Å²) in [6.45, 7) is 0. The van der Waals surface area contributed by atoms with Crippen molar-refractivity contribution in [3.8, 4) is 0 Å². The molecule has 0 unspecified atom stereocenters. The van der Waals surface area contributed by atoms with E-state index in [4.69, 9.17) is 6.15 Å². The molecule has 2 nitrogen and oxygen atoms in total. The molecule has 0 atom stereocenters. The van der Waals surface area contributed by atoms with E-state index in [9.17, 15) is 0 Å². The summed E-state index contributed by atoms with van der Waals surface area (Å²) in [6.07, 6.45) is 0. The van der Waals surface area contributed by atoms with Gasteiger partial charge in [0.1, 0.15) is 0 Å². The number of rotatable bonds is 0. The van der Waals surface area contributed by atoms with Gasteiger partial charge < -0.3 is 0 Å². The zero-order chi connectivity index (χ0) is 4.00. The number of hydrogen-bond acceptors (Lipinski definition) is 2. The molecule has 0 amide bonds. The van der Waals surface area contributed by atoms with Crippen molar-refractivity contribution in [2.75, 3.05) is 0 Å². The SMILES string of the molecule is [In].[O]=[Sn].[O]=[Sn].[Sb]. The van der Waals surface area contributed by atoms with E-state index < -0.39 is 0 Å². The van der Waals surface area contributed by atoms with Crippen LogP contribution in [0.15, 0.2) is 0 Å². The molecule has 0 rings (SSSR count). The van der Waals surface area contributed by atoms with Crippen LogP contribution in [0.5, 0.6) is 0 Å². The van der Waals surface area contributed by atoms with Crippen molar-refractivity contribution in [1.82, 2.24) is 0 Å². The molecule has 0 N–H and O–H groups in total. The molecule has 6 heteroatoms. The summed E-state index contributed by atoms with van der Waals surface area (Å²) in [5.41, 5.74) is 0. The van der Waals surface area contributed by atoms with Crippen LogP contribution in [-0.2, 0) is 6.15 Å². The Kier molecular flexibility index (Phi) is 173. The molecule has 0 spiro atoms. The van der Waals surface area contributed by atoms with E-state index in [1.807, 2.05) is 0 Å². The first-order chi connectivity index (χ1) is 2.00. The van der Waals surface area contributed by atoms with Gasteiger partial charge in [-0.25, -0.2) is 0 Å². The van der Waals surface area contributed by atoms with Gasteiger partial charge in [0.15, 0.2) is 0 Å². The fourth-order valence-electron chi connectivity index (χ4n) is 0. The Morgan fingerprint density at radius 3 is 0.833 bits per heavy atom. The number of hydrogen-bond donors (Lipinski definition) is 0. The average molecular weight is 506 g/mol. The third-order valence-corrected chi connectivity index (χ3v) is 0. The van der Waals surface area contributed by atoms with Crippen LogP contribution in [0.25, 0.3) is 0 Å². The molecule has 0 aliphatic heterocycles. The first-order valence-electron chi connectivity index (χ1n) is 0.408. The summed E-state index contributed by atoms with van der Waals surface area (Å²) in [5, 5.41) is 0. The standard InChI is InChI=1S/In.2O.Sb.2Sn. The maximum Gasteiger partial charge on any atom is 0 e. The molecule has 0 bridgehead atoms. The minimum Gasteiger partial charge on any atom is 0 e. The molecule has 0 fully saturated rings. The van der Waals surface area contributed by atoms with E-state index in [1.54, 1.807) is 0 Å². The van der Waals surface area contributed by atoms with E-state index >= 15 is 0 Å². The summed E-state index contributed by atoms with van der Waals surface area (Å²) < 4.78 is 16.7. The fraction of sp³-hybridized carbons (Fsp3) is 0. The van der Waals surface area contributed by atoms with Gasteiger partial charge in [0.05, 0.1) is 0 Å². The maximum atomic E-state index is 8.34. The second-order valence-corrected chi connectivity index (χ2v) is 0. The van der Waals surface area contributed by atoms with Gasteiger partial charge in [0.2, 0.25) is 0 Å². The normalized spacial score (nSPS) is 1.33. The van der Waals surface area contributed by atoms with Crippen molar-refractivity contribution in [3.05, 3.63) is 0 Å². The van der Waals surface area contributed by atoms with Crippen molar-refractivity contribution < 1.29 is 6.15 Å². The van der Waals surface area contributed by atoms with Crippen LogP contribution in [0.4, 0.5) is 0 Å². The van der Waals surface area contributed by atoms with Crippen molar-refractivity contribution >= 4 is 95.3 Å². The monoisotopic (exact) mass is 508 g/mol. The Balaban J connectivity index is -0.00000000500. The summed E-state index contributed by atoms with van der Waals surface area (Å²) in [5.74, 6) is 0. The van der Waals surface area contributed by atoms with Crippen LogP contribution >= 0.6 is 0 Å². The first-order valence-corrected chi connectivity index (χ1v) is 2.74. The molecule has 0 aliphatic rings. The Morgan fingerprint density at radius 1 is 0.833 bits per heavy atom. The Labute approximate surface area is 99.4 Å². The molecular weight excluding hydrogens is 506 g/mol. The van der Waals surface area contributed by atoms with Gasteiger partial charge in [-0.2, -0.15) is 0 Å². The molecule has 0 aromatic rings. The summed E-state index contributed by atoms with van der Waals surface area (Å²) in [7, 11) is 0. The van der Waals surface area contributed by atoms with Gasteiger partial charge in [-0.1, -0.05) is 0 Å². The van der Waals surface area contributed by atoms with Gasteiger partial charge >= 0.3 is 51.2 Å². The molecule has 0 saturated carbocycles. The molecule has 0 saturated heterocycles. The summed E-state index contributed by atoms with van der Waals surface area (Å²) in [4.78, 5) is 0. The van der Waals surface area contributed by atoms with Crippen molar-refractivity contribution in [3.63, 3.8) is 0 Å². The molecule has 0 aromatic carbocycles. The van der Waals surface area contributed by atoms with Gasteiger partial charge in [-0.15, -0.1) is 0 Å². The second kappa shape index (κ2) is 44.9. The third-order valence-electron chi connectivity index (χ3n) is 0. The quantitative estimate of drug-likeness (QED) is 0.366. The van der Waals surface area contributed by atoms with E-state index in [-0.39, 0.29) is 50.3 Å². The molecule has 6 heavy (non-hydrogen) atoms. The minimum absolute atomic E-state index is 0. The van der Waals surface area contributed by atoms with Crippen LogP contribution < -0.4 is 0 Å². The molecule has 10 radical (unpaired) electrons. The first kappa shape index (κ1) is 23.1. The van der Waals surface area contributed by atoms with Crippen LogP contribution in [0, 0.1) is 0 Å². The molecule has 0 aliphatic carbocycles. The van der Waals surface area contributed by atoms with Gasteiger partial charge in [-0.05, 0) is 0 Å². The van der Waals surface area contributed by atoms with Gasteiger partial charge in [0, 0.05) is 50.3 Å². The predicted octanol–water partition coefficient (Wildman–Crippen LogP) is -1.76. The van der Waals surface area contributed by atoms with Gasteiger partial charge in [0.25, 0.3) is 0 Å². The summed E-state index contributed by atoms with van der Waals surface area (Å²) in [6, 6.07) is 0. The van der Waals surface area contributed by atoms with Crippen LogP contribution in [-0.4, -0.2) is 95.3 Å². The largest absolute Gasteiger partial charge is 0 e. The predicted molar refractivity (Wildman–Crippen MR) is 24.4 cm³/mol. The molecular formula is InO2SbSn2. The smallest absolute Gasteiger partial charge is 0 e. The van der Waals surface area contributed by atoms with Crippen LogP contribution in [0.2, 0.25) is 0 Å². The molecule has 0 heterocycles. The second-order valence-electron chi connectivity index (χ2n) is 0. The maximum absolute atomic E-state index is 8.34. The zero-order valence-electron chi connectivity index (χ0n) is 2.84. The Hall–Kier alpha value is 2.89. The zero-order valence-corrected chi connectivity index (χ0v) is 14.4. The Bertz CT molecular complexity index is 13.5. The van der Waals surface area contributed by atoms with Crippen molar-refractivity contribution in [2.45, 2.75) is 0 Å². The third kappa shape index (κ3) is 28.6. The van der Waals surface area contributed by atoms with E-state index in [0.717, 1.165) is 0 Å². The fourth-order valence-corrected chi connectivity index (χ4v) is 0. The average Bonchev–Trinajstić information content (AvgIpc) is 1.50. The Morgan fingerprint density at radius 2 is 0.833 bits per heavy atom. The van der Waals surface area contributed by atoms with Gasteiger partial charge in [-0.3, -0.25) is 0 Å². The summed E-state index contributed by atoms with van der Waals surface area (Å²) >= 11 is 0.600. The van der Waals surface area contributed by atoms with Crippen molar-refractivity contribution in [2.24, 2.45) is 0 Å². The van der Waals surface area contributed by atoms with E-state index in [0.29, 0.717) is 45.0 Å².